The molecular weight excluding hydrogens is 344 g/mol. The van der Waals surface area contributed by atoms with Crippen LogP contribution in [0.2, 0.25) is 0 Å². The number of ether oxygens (including phenoxy) is 1. The molecule has 0 saturated carbocycles. The van der Waals surface area contributed by atoms with Gasteiger partial charge in [0.15, 0.2) is 0 Å². The molecule has 6 heteroatoms. The molecule has 0 unspecified atom stereocenters. The van der Waals surface area contributed by atoms with Crippen LogP contribution in [0.5, 0.6) is 5.75 Å². The van der Waals surface area contributed by atoms with Crippen molar-refractivity contribution in [1.82, 2.24) is 19.7 Å². The van der Waals surface area contributed by atoms with Gasteiger partial charge in [0, 0.05) is 29.4 Å². The molecule has 0 spiro atoms. The van der Waals surface area contributed by atoms with E-state index in [1.54, 1.807) is 24.6 Å². The quantitative estimate of drug-likeness (QED) is 0.625. The Bertz CT molecular complexity index is 857. The van der Waals surface area contributed by atoms with Crippen LogP contribution in [0.1, 0.15) is 39.7 Å². The summed E-state index contributed by atoms with van der Waals surface area (Å²) >= 11 is 1.77. The maximum atomic E-state index is 5.53. The number of aromatic nitrogens is 3. The summed E-state index contributed by atoms with van der Waals surface area (Å²) in [5.41, 5.74) is 3.57. The molecule has 2 aromatic heterocycles. The van der Waals surface area contributed by atoms with E-state index in [4.69, 9.17) is 9.72 Å². The Kier molecular flexibility index (Phi) is 5.74. The van der Waals surface area contributed by atoms with Crippen LogP contribution in [0.3, 0.4) is 0 Å². The van der Waals surface area contributed by atoms with Crippen LogP contribution < -0.4 is 4.74 Å². The number of methoxy groups -OCH3 is 1. The van der Waals surface area contributed by atoms with E-state index in [9.17, 15) is 0 Å². The second-order valence-electron chi connectivity index (χ2n) is 6.62. The van der Waals surface area contributed by atoms with Crippen LogP contribution in [0, 0.1) is 13.8 Å². The largest absolute Gasteiger partial charge is 0.496 e. The predicted octanol–water partition coefficient (Wildman–Crippen LogP) is 4.21. The minimum Gasteiger partial charge on any atom is -0.496 e. The summed E-state index contributed by atoms with van der Waals surface area (Å²) in [7, 11) is 3.86. The van der Waals surface area contributed by atoms with Crippen molar-refractivity contribution in [3.8, 4) is 5.75 Å². The maximum absolute atomic E-state index is 5.53. The van der Waals surface area contributed by atoms with E-state index in [1.165, 1.54) is 16.1 Å². The first-order valence-electron chi connectivity index (χ1n) is 8.75. The summed E-state index contributed by atoms with van der Waals surface area (Å²) in [5, 5.41) is 5.43. The first-order valence-corrected chi connectivity index (χ1v) is 9.57. The Morgan fingerprint density at radius 3 is 2.73 bits per heavy atom. The molecule has 0 N–H and O–H groups in total. The summed E-state index contributed by atoms with van der Waals surface area (Å²) in [6.07, 6.45) is 3.76. The summed E-state index contributed by atoms with van der Waals surface area (Å²) in [4.78, 5) is 8.35. The third kappa shape index (κ3) is 4.14. The van der Waals surface area contributed by atoms with Crippen LogP contribution in [-0.4, -0.2) is 33.8 Å². The average molecular weight is 371 g/mol. The smallest absolute Gasteiger partial charge is 0.123 e. The Balaban J connectivity index is 1.77. The van der Waals surface area contributed by atoms with Crippen LogP contribution in [0.4, 0.5) is 0 Å². The number of thiazole rings is 1. The number of nitrogens with zero attached hydrogens (tertiary/aromatic N) is 4. The average Bonchev–Trinajstić information content (AvgIpc) is 3.23. The van der Waals surface area contributed by atoms with Crippen molar-refractivity contribution in [3.63, 3.8) is 0 Å². The SMILES string of the molecule is COc1ccc(CN(C)[C@@H](C)c2nc(C)sc2C)cc1Cn1cccn1. The molecule has 0 aliphatic rings. The topological polar surface area (TPSA) is 43.2 Å². The number of hydrogen-bond donors (Lipinski definition) is 0. The Labute approximate surface area is 159 Å². The molecule has 3 rings (SSSR count). The number of hydrogen-bond acceptors (Lipinski definition) is 5. The minimum absolute atomic E-state index is 0.275. The lowest BCUT2D eigenvalue weighted by molar-refractivity contribution is 0.248. The van der Waals surface area contributed by atoms with Crippen LogP contribution in [-0.2, 0) is 13.1 Å². The number of rotatable bonds is 7. The van der Waals surface area contributed by atoms with Gasteiger partial charge in [-0.05, 0) is 51.6 Å². The zero-order valence-electron chi connectivity index (χ0n) is 16.1. The molecule has 3 aromatic rings. The molecular formula is C20H26N4OS. The van der Waals surface area contributed by atoms with Crippen molar-refractivity contribution >= 4 is 11.3 Å². The lowest BCUT2D eigenvalue weighted by Crippen LogP contribution is -2.23. The molecule has 0 aliphatic carbocycles. The van der Waals surface area contributed by atoms with E-state index >= 15 is 0 Å². The van der Waals surface area contributed by atoms with E-state index in [0.29, 0.717) is 6.54 Å². The molecule has 0 saturated heterocycles. The highest BCUT2D eigenvalue weighted by Gasteiger charge is 2.18. The molecule has 0 bridgehead atoms. The zero-order chi connectivity index (χ0) is 18.7. The monoisotopic (exact) mass is 370 g/mol. The second-order valence-corrected chi connectivity index (χ2v) is 8.02. The highest BCUT2D eigenvalue weighted by molar-refractivity contribution is 7.11. The standard InChI is InChI=1S/C20H26N4OS/c1-14(20-15(2)26-16(3)22-20)23(4)12-17-7-8-19(25-5)18(11-17)13-24-10-6-9-21-24/h6-11,14H,12-13H2,1-5H3/t14-/m0/s1. The van der Waals surface area contributed by atoms with Gasteiger partial charge < -0.3 is 4.74 Å². The van der Waals surface area contributed by atoms with Gasteiger partial charge in [-0.15, -0.1) is 11.3 Å². The molecule has 2 heterocycles. The Morgan fingerprint density at radius 1 is 1.31 bits per heavy atom. The van der Waals surface area contributed by atoms with Crippen molar-refractivity contribution < 1.29 is 4.74 Å². The molecule has 1 atom stereocenters. The van der Waals surface area contributed by atoms with Gasteiger partial charge in [-0.3, -0.25) is 9.58 Å². The second kappa shape index (κ2) is 8.01. The fraction of sp³-hybridized carbons (Fsp3) is 0.400. The summed E-state index contributed by atoms with van der Waals surface area (Å²) in [6, 6.07) is 8.60. The van der Waals surface area contributed by atoms with Crippen molar-refractivity contribution in [3.05, 3.63) is 63.4 Å². The fourth-order valence-corrected chi connectivity index (χ4v) is 4.10. The highest BCUT2D eigenvalue weighted by Crippen LogP contribution is 2.28. The van der Waals surface area contributed by atoms with Crippen molar-refractivity contribution in [2.24, 2.45) is 0 Å². The minimum atomic E-state index is 0.275. The van der Waals surface area contributed by atoms with Crippen LogP contribution in [0.25, 0.3) is 0 Å². The maximum Gasteiger partial charge on any atom is 0.123 e. The summed E-state index contributed by atoms with van der Waals surface area (Å²) in [6.45, 7) is 8.00. The normalized spacial score (nSPS) is 12.5. The van der Waals surface area contributed by atoms with E-state index in [1.807, 2.05) is 23.0 Å². The third-order valence-corrected chi connectivity index (χ3v) is 5.57. The van der Waals surface area contributed by atoms with Gasteiger partial charge in [-0.2, -0.15) is 5.10 Å². The van der Waals surface area contributed by atoms with E-state index in [-0.39, 0.29) is 6.04 Å². The van der Waals surface area contributed by atoms with Gasteiger partial charge in [-0.1, -0.05) is 6.07 Å². The fourth-order valence-electron chi connectivity index (χ4n) is 3.19. The van der Waals surface area contributed by atoms with Crippen molar-refractivity contribution in [2.75, 3.05) is 14.2 Å². The molecule has 0 radical (unpaired) electrons. The van der Waals surface area contributed by atoms with E-state index in [2.05, 4.69) is 50.0 Å². The van der Waals surface area contributed by atoms with Gasteiger partial charge in [0.1, 0.15) is 5.75 Å². The van der Waals surface area contributed by atoms with E-state index < -0.39 is 0 Å². The lowest BCUT2D eigenvalue weighted by Gasteiger charge is -2.24. The molecule has 0 fully saturated rings. The number of aryl methyl sites for hydroxylation is 2. The molecule has 138 valence electrons. The lowest BCUT2D eigenvalue weighted by atomic mass is 10.1. The van der Waals surface area contributed by atoms with Gasteiger partial charge in [0.2, 0.25) is 0 Å². The van der Waals surface area contributed by atoms with Crippen LogP contribution >= 0.6 is 11.3 Å². The van der Waals surface area contributed by atoms with Crippen LogP contribution in [0.15, 0.2) is 36.7 Å². The zero-order valence-corrected chi connectivity index (χ0v) is 16.9. The summed E-state index contributed by atoms with van der Waals surface area (Å²) < 4.78 is 7.44. The highest BCUT2D eigenvalue weighted by atomic mass is 32.1. The number of benzene rings is 1. The van der Waals surface area contributed by atoms with Gasteiger partial charge in [0.05, 0.1) is 30.4 Å². The van der Waals surface area contributed by atoms with Crippen molar-refractivity contribution in [2.45, 2.75) is 39.9 Å². The summed E-state index contributed by atoms with van der Waals surface area (Å²) in [5.74, 6) is 0.894. The molecule has 26 heavy (non-hydrogen) atoms. The van der Waals surface area contributed by atoms with Gasteiger partial charge in [0.25, 0.3) is 0 Å². The molecule has 1 aromatic carbocycles. The molecule has 5 nitrogen and oxygen atoms in total. The first kappa shape index (κ1) is 18.6. The third-order valence-electron chi connectivity index (χ3n) is 4.66. The Morgan fingerprint density at radius 2 is 2.12 bits per heavy atom. The predicted molar refractivity (Wildman–Crippen MR) is 106 cm³/mol. The Hall–Kier alpha value is -2.18. The molecule has 0 aliphatic heterocycles. The van der Waals surface area contributed by atoms with Crippen molar-refractivity contribution in [1.29, 1.82) is 0 Å². The van der Waals surface area contributed by atoms with Gasteiger partial charge in [-0.25, -0.2) is 4.98 Å². The van der Waals surface area contributed by atoms with E-state index in [0.717, 1.165) is 22.9 Å². The van der Waals surface area contributed by atoms with Gasteiger partial charge >= 0.3 is 0 Å². The first-order chi connectivity index (χ1) is 12.5. The molecule has 0 amide bonds.